The van der Waals surface area contributed by atoms with Crippen LogP contribution in [0.1, 0.15) is 20.4 Å². The number of hydrogen-bond acceptors (Lipinski definition) is 4. The molecule has 0 aliphatic carbocycles. The van der Waals surface area contributed by atoms with Crippen LogP contribution in [0.25, 0.3) is 0 Å². The monoisotopic (exact) mass is 154 g/mol. The summed E-state index contributed by atoms with van der Waals surface area (Å²) in [5.74, 6) is 0. The summed E-state index contributed by atoms with van der Waals surface area (Å²) in [6, 6.07) is 0. The summed E-state index contributed by atoms with van der Waals surface area (Å²) in [5.41, 5.74) is 1.05. The molecule has 0 aromatic carbocycles. The van der Waals surface area contributed by atoms with Gasteiger partial charge in [0.05, 0.1) is 5.69 Å². The maximum absolute atomic E-state index is 10.2. The molecule has 1 aromatic heterocycles. The summed E-state index contributed by atoms with van der Waals surface area (Å²) in [4.78, 5) is 15.5. The molecule has 0 atom stereocenters. The second-order valence-electron chi connectivity index (χ2n) is 2.14. The number of aromatic nitrogens is 1. The number of thiazole rings is 1. The minimum Gasteiger partial charge on any atom is -0.306 e. The van der Waals surface area contributed by atoms with Crippen LogP contribution in [-0.2, 0) is 13.1 Å². The molecule has 0 fully saturated rings. The highest BCUT2D eigenvalue weighted by Crippen LogP contribution is 2.20. The summed E-state index contributed by atoms with van der Waals surface area (Å²) in [6.45, 7) is 1.69. The summed E-state index contributed by atoms with van der Waals surface area (Å²) < 4.78 is 0. The van der Waals surface area contributed by atoms with Crippen LogP contribution < -0.4 is 5.32 Å². The van der Waals surface area contributed by atoms with E-state index in [1.807, 2.05) is 0 Å². The highest BCUT2D eigenvalue weighted by Gasteiger charge is 2.14. The topological polar surface area (TPSA) is 42.0 Å². The Morgan fingerprint density at radius 1 is 1.60 bits per heavy atom. The van der Waals surface area contributed by atoms with Crippen LogP contribution in [0.2, 0.25) is 0 Å². The van der Waals surface area contributed by atoms with E-state index in [2.05, 4.69) is 10.3 Å². The Bertz CT molecular complexity index is 247. The van der Waals surface area contributed by atoms with Gasteiger partial charge in [0.25, 0.3) is 0 Å². The maximum atomic E-state index is 10.2. The van der Waals surface area contributed by atoms with Gasteiger partial charge in [0.2, 0.25) is 0 Å². The Labute approximate surface area is 62.1 Å². The summed E-state index contributed by atoms with van der Waals surface area (Å²) in [6.07, 6.45) is 0.809. The van der Waals surface area contributed by atoms with Gasteiger partial charge in [0.1, 0.15) is 0 Å². The van der Waals surface area contributed by atoms with Gasteiger partial charge in [0, 0.05) is 18.0 Å². The molecule has 3 nitrogen and oxygen atoms in total. The Hall–Kier alpha value is -0.740. The zero-order valence-corrected chi connectivity index (χ0v) is 6.07. The number of carbonyl (C=O) groups excluding carboxylic acids is 1. The molecule has 0 radical (unpaired) electrons. The van der Waals surface area contributed by atoms with Crippen molar-refractivity contribution < 1.29 is 4.79 Å². The smallest absolute Gasteiger partial charge is 0.178 e. The largest absolute Gasteiger partial charge is 0.306 e. The van der Waals surface area contributed by atoms with Gasteiger partial charge in [-0.05, 0) is 0 Å². The Morgan fingerprint density at radius 2 is 2.50 bits per heavy atom. The van der Waals surface area contributed by atoms with Crippen LogP contribution in [-0.4, -0.2) is 11.3 Å². The number of rotatable bonds is 1. The third-order valence-electron chi connectivity index (χ3n) is 1.47. The molecule has 2 rings (SSSR count). The van der Waals surface area contributed by atoms with Crippen molar-refractivity contribution in [2.75, 3.05) is 0 Å². The van der Waals surface area contributed by atoms with E-state index in [0.29, 0.717) is 5.01 Å². The van der Waals surface area contributed by atoms with E-state index in [-0.39, 0.29) is 0 Å². The highest BCUT2D eigenvalue weighted by molar-refractivity contribution is 7.13. The average molecular weight is 154 g/mol. The summed E-state index contributed by atoms with van der Waals surface area (Å²) >= 11 is 1.48. The molecule has 1 aliphatic heterocycles. The first-order valence-corrected chi connectivity index (χ1v) is 3.86. The maximum Gasteiger partial charge on any atom is 0.178 e. The lowest BCUT2D eigenvalue weighted by Crippen LogP contribution is -2.01. The second kappa shape index (κ2) is 2.14. The fraction of sp³-hybridized carbons (Fsp3) is 0.333. The van der Waals surface area contributed by atoms with Crippen molar-refractivity contribution in [3.05, 3.63) is 15.6 Å². The van der Waals surface area contributed by atoms with E-state index in [1.165, 1.54) is 16.2 Å². The first-order valence-electron chi connectivity index (χ1n) is 3.04. The van der Waals surface area contributed by atoms with Gasteiger partial charge >= 0.3 is 0 Å². The van der Waals surface area contributed by atoms with Crippen molar-refractivity contribution in [1.82, 2.24) is 10.3 Å². The molecule has 0 saturated heterocycles. The molecule has 1 aromatic rings. The molecule has 52 valence electrons. The predicted molar refractivity (Wildman–Crippen MR) is 38.0 cm³/mol. The second-order valence-corrected chi connectivity index (χ2v) is 3.26. The number of hydrogen-bond donors (Lipinski definition) is 1. The summed E-state index contributed by atoms with van der Waals surface area (Å²) in [7, 11) is 0. The van der Waals surface area contributed by atoms with Crippen LogP contribution in [0.4, 0.5) is 0 Å². The first-order chi connectivity index (χ1) is 4.90. The molecular formula is C6H6N2OS. The summed E-state index contributed by atoms with van der Waals surface area (Å²) in [5, 5.41) is 3.75. The predicted octanol–water partition coefficient (Wildman–Crippen LogP) is 0.559. The normalized spacial score (nSPS) is 15.2. The molecule has 0 amide bonds. The van der Waals surface area contributed by atoms with Crippen molar-refractivity contribution in [1.29, 1.82) is 0 Å². The van der Waals surface area contributed by atoms with Gasteiger partial charge in [0.15, 0.2) is 11.3 Å². The molecule has 4 heteroatoms. The van der Waals surface area contributed by atoms with Gasteiger partial charge in [-0.3, -0.25) is 4.79 Å². The highest BCUT2D eigenvalue weighted by atomic mass is 32.1. The lowest BCUT2D eigenvalue weighted by molar-refractivity contribution is 0.112. The van der Waals surface area contributed by atoms with Crippen molar-refractivity contribution in [2.24, 2.45) is 0 Å². The van der Waals surface area contributed by atoms with Gasteiger partial charge in [-0.2, -0.15) is 0 Å². The number of nitrogens with zero attached hydrogens (tertiary/aromatic N) is 1. The first kappa shape index (κ1) is 6.00. The molecule has 2 heterocycles. The lowest BCUT2D eigenvalue weighted by atomic mass is 10.4. The van der Waals surface area contributed by atoms with Gasteiger partial charge in [-0.15, -0.1) is 11.3 Å². The van der Waals surface area contributed by atoms with Gasteiger partial charge < -0.3 is 5.32 Å². The van der Waals surface area contributed by atoms with Crippen molar-refractivity contribution >= 4 is 17.6 Å². The molecule has 0 bridgehead atoms. The lowest BCUT2D eigenvalue weighted by Gasteiger charge is -1.84. The zero-order valence-electron chi connectivity index (χ0n) is 5.26. The Kier molecular flexibility index (Phi) is 1.28. The quantitative estimate of drug-likeness (QED) is 0.601. The Morgan fingerprint density at radius 3 is 3.20 bits per heavy atom. The van der Waals surface area contributed by atoms with E-state index >= 15 is 0 Å². The van der Waals surface area contributed by atoms with Gasteiger partial charge in [-0.25, -0.2) is 4.98 Å². The molecule has 0 spiro atoms. The van der Waals surface area contributed by atoms with Crippen LogP contribution >= 0.6 is 11.3 Å². The minimum absolute atomic E-state index is 0.603. The van der Waals surface area contributed by atoms with E-state index in [4.69, 9.17) is 0 Å². The molecule has 0 saturated carbocycles. The van der Waals surface area contributed by atoms with Gasteiger partial charge in [-0.1, -0.05) is 0 Å². The van der Waals surface area contributed by atoms with E-state index in [1.54, 1.807) is 0 Å². The Balaban J connectivity index is 2.46. The third-order valence-corrected chi connectivity index (χ3v) is 2.50. The van der Waals surface area contributed by atoms with Crippen LogP contribution in [0.3, 0.4) is 0 Å². The standard InChI is InChI=1S/C6H6N2OS/c9-3-6-8-4-1-7-2-5(4)10-6/h3,7H,1-2H2. The van der Waals surface area contributed by atoms with Crippen LogP contribution in [0, 0.1) is 0 Å². The third kappa shape index (κ3) is 0.767. The van der Waals surface area contributed by atoms with Crippen molar-refractivity contribution in [3.63, 3.8) is 0 Å². The minimum atomic E-state index is 0.603. The molecule has 1 aliphatic rings. The SMILES string of the molecule is O=Cc1nc2c(s1)CNC2. The van der Waals surface area contributed by atoms with Crippen molar-refractivity contribution in [3.8, 4) is 0 Å². The number of nitrogens with one attached hydrogen (secondary N) is 1. The van der Waals surface area contributed by atoms with E-state index < -0.39 is 0 Å². The fourth-order valence-corrected chi connectivity index (χ4v) is 1.89. The molecule has 10 heavy (non-hydrogen) atoms. The molecule has 0 unspecified atom stereocenters. The average Bonchev–Trinajstić information content (AvgIpc) is 2.42. The number of aldehydes is 1. The number of fused-ring (bicyclic) bond motifs is 1. The zero-order chi connectivity index (χ0) is 6.97. The van der Waals surface area contributed by atoms with Crippen molar-refractivity contribution in [2.45, 2.75) is 13.1 Å². The van der Waals surface area contributed by atoms with Crippen LogP contribution in [0.15, 0.2) is 0 Å². The van der Waals surface area contributed by atoms with E-state index in [0.717, 1.165) is 25.1 Å². The van der Waals surface area contributed by atoms with E-state index in [9.17, 15) is 4.79 Å². The number of carbonyl (C=O) groups is 1. The molecular weight excluding hydrogens is 148 g/mol. The fourth-order valence-electron chi connectivity index (χ4n) is 1.02. The molecule has 1 N–H and O–H groups in total. The van der Waals surface area contributed by atoms with Crippen LogP contribution in [0.5, 0.6) is 0 Å².